The molecule has 0 atom stereocenters. The molecule has 1 aromatic carbocycles. The zero-order chi connectivity index (χ0) is 24.9. The summed E-state index contributed by atoms with van der Waals surface area (Å²) in [6.07, 6.45) is 3.01. The van der Waals surface area contributed by atoms with Crippen LogP contribution in [0.2, 0.25) is 0 Å². The smallest absolute Gasteiger partial charge is 0.437 e. The van der Waals surface area contributed by atoms with E-state index >= 15 is 0 Å². The summed E-state index contributed by atoms with van der Waals surface area (Å²) in [7, 11) is 1.75. The molecule has 0 aliphatic rings. The van der Waals surface area contributed by atoms with E-state index < -0.39 is 6.09 Å². The van der Waals surface area contributed by atoms with Crippen molar-refractivity contribution < 1.29 is 19.2 Å². The molecule has 182 valence electrons. The standard InChI is InChI=1S/C24H27N7O4/c1-15(2)20-13-22(29-28-20)27-24(33)35-31-10-7-17-11-19(5-6-21(17)31)34-23-12-18(25-14-26-23)8-9-30(4)16(3)32/h5-7,10-15H,8-9H2,1-4H3,(H2,27,28,29,33). The second-order valence-electron chi connectivity index (χ2n) is 8.37. The number of aromatic amines is 1. The van der Waals surface area contributed by atoms with Crippen LogP contribution in [-0.4, -0.2) is 55.4 Å². The van der Waals surface area contributed by atoms with Crippen LogP contribution in [0.4, 0.5) is 10.6 Å². The summed E-state index contributed by atoms with van der Waals surface area (Å²) in [6, 6.07) is 10.7. The quantitative estimate of drug-likeness (QED) is 0.396. The van der Waals surface area contributed by atoms with Crippen LogP contribution in [0, 0.1) is 0 Å². The van der Waals surface area contributed by atoms with Crippen LogP contribution in [0.1, 0.15) is 38.1 Å². The van der Waals surface area contributed by atoms with Crippen LogP contribution < -0.4 is 14.9 Å². The minimum absolute atomic E-state index is 0.00127. The Morgan fingerprint density at radius 2 is 2.00 bits per heavy atom. The molecule has 11 nitrogen and oxygen atoms in total. The Bertz CT molecular complexity index is 1340. The van der Waals surface area contributed by atoms with Gasteiger partial charge in [-0.3, -0.25) is 15.2 Å². The minimum atomic E-state index is -0.659. The third-order valence-corrected chi connectivity index (χ3v) is 5.42. The Balaban J connectivity index is 1.40. The van der Waals surface area contributed by atoms with Gasteiger partial charge in [0.05, 0.1) is 5.52 Å². The first kappa shape index (κ1) is 23.7. The number of nitrogens with zero attached hydrogens (tertiary/aromatic N) is 5. The molecule has 0 saturated heterocycles. The van der Waals surface area contributed by atoms with Gasteiger partial charge in [0.25, 0.3) is 0 Å². The molecule has 11 heteroatoms. The number of carbonyl (C=O) groups excluding carboxylic acids is 2. The fourth-order valence-corrected chi connectivity index (χ4v) is 3.28. The monoisotopic (exact) mass is 477 g/mol. The zero-order valence-electron chi connectivity index (χ0n) is 20.0. The van der Waals surface area contributed by atoms with Gasteiger partial charge in [0, 0.05) is 62.0 Å². The van der Waals surface area contributed by atoms with E-state index in [2.05, 4.69) is 25.5 Å². The number of nitrogens with one attached hydrogen (secondary N) is 2. The van der Waals surface area contributed by atoms with Gasteiger partial charge in [0.2, 0.25) is 11.8 Å². The van der Waals surface area contributed by atoms with Crippen LogP contribution in [0.5, 0.6) is 11.6 Å². The van der Waals surface area contributed by atoms with Gasteiger partial charge in [-0.05, 0) is 30.2 Å². The fourth-order valence-electron chi connectivity index (χ4n) is 3.28. The fraction of sp³-hybridized carbons (Fsp3) is 0.292. The van der Waals surface area contributed by atoms with Crippen molar-refractivity contribution in [1.29, 1.82) is 0 Å². The number of rotatable bonds is 8. The predicted octanol–water partition coefficient (Wildman–Crippen LogP) is 3.75. The number of hydrogen-bond acceptors (Lipinski definition) is 7. The van der Waals surface area contributed by atoms with Crippen molar-refractivity contribution in [2.45, 2.75) is 33.1 Å². The summed E-state index contributed by atoms with van der Waals surface area (Å²) in [5.74, 6) is 1.63. The summed E-state index contributed by atoms with van der Waals surface area (Å²) in [4.78, 5) is 39.1. The lowest BCUT2D eigenvalue weighted by Gasteiger charge is -2.14. The number of anilines is 1. The SMILES string of the molecule is CC(=O)N(C)CCc1cc(Oc2ccc3c(ccn3OC(=O)Nc3cc(C(C)C)[nH]n3)c2)ncn1. The van der Waals surface area contributed by atoms with Crippen molar-refractivity contribution in [3.8, 4) is 11.6 Å². The lowest BCUT2D eigenvalue weighted by molar-refractivity contribution is -0.127. The summed E-state index contributed by atoms with van der Waals surface area (Å²) in [5, 5.41) is 10.4. The number of fused-ring (bicyclic) bond motifs is 1. The Kier molecular flexibility index (Phi) is 6.95. The number of hydrogen-bond donors (Lipinski definition) is 2. The predicted molar refractivity (Wildman–Crippen MR) is 129 cm³/mol. The van der Waals surface area contributed by atoms with E-state index in [1.165, 1.54) is 18.0 Å². The largest absolute Gasteiger partial charge is 0.439 e. The molecule has 0 spiro atoms. The molecule has 0 fully saturated rings. The van der Waals surface area contributed by atoms with Crippen molar-refractivity contribution in [3.05, 3.63) is 60.3 Å². The molecule has 0 aliphatic heterocycles. The maximum absolute atomic E-state index is 12.3. The van der Waals surface area contributed by atoms with Gasteiger partial charge in [0.15, 0.2) is 5.82 Å². The van der Waals surface area contributed by atoms with E-state index in [-0.39, 0.29) is 11.8 Å². The Hall–Kier alpha value is -4.41. The van der Waals surface area contributed by atoms with E-state index in [9.17, 15) is 9.59 Å². The molecule has 4 rings (SSSR count). The van der Waals surface area contributed by atoms with Crippen LogP contribution >= 0.6 is 0 Å². The molecule has 3 aromatic heterocycles. The van der Waals surface area contributed by atoms with Gasteiger partial charge in [-0.2, -0.15) is 9.83 Å². The van der Waals surface area contributed by atoms with Gasteiger partial charge in [-0.15, -0.1) is 0 Å². The van der Waals surface area contributed by atoms with Crippen LogP contribution in [-0.2, 0) is 11.2 Å². The summed E-state index contributed by atoms with van der Waals surface area (Å²) >= 11 is 0. The van der Waals surface area contributed by atoms with E-state index in [4.69, 9.17) is 9.57 Å². The lowest BCUT2D eigenvalue weighted by atomic mass is 10.1. The molecule has 2 N–H and O–H groups in total. The number of H-pyrrole nitrogens is 1. The highest BCUT2D eigenvalue weighted by Gasteiger charge is 2.12. The molecule has 35 heavy (non-hydrogen) atoms. The average Bonchev–Trinajstić information content (AvgIpc) is 3.45. The second-order valence-corrected chi connectivity index (χ2v) is 8.37. The number of benzene rings is 1. The number of aromatic nitrogens is 5. The average molecular weight is 478 g/mol. The van der Waals surface area contributed by atoms with Gasteiger partial charge >= 0.3 is 6.09 Å². The Labute approximate surface area is 202 Å². The molecule has 0 bridgehead atoms. The lowest BCUT2D eigenvalue weighted by Crippen LogP contribution is -2.26. The maximum atomic E-state index is 12.3. The summed E-state index contributed by atoms with van der Waals surface area (Å²) in [6.45, 7) is 6.13. The highest BCUT2D eigenvalue weighted by Crippen LogP contribution is 2.25. The highest BCUT2D eigenvalue weighted by atomic mass is 16.7. The van der Waals surface area contributed by atoms with Crippen molar-refractivity contribution in [3.63, 3.8) is 0 Å². The third-order valence-electron chi connectivity index (χ3n) is 5.42. The molecule has 0 saturated carbocycles. The molecule has 2 amide bonds. The zero-order valence-corrected chi connectivity index (χ0v) is 20.0. The number of carbonyl (C=O) groups is 2. The van der Waals surface area contributed by atoms with Gasteiger partial charge in [0.1, 0.15) is 12.1 Å². The highest BCUT2D eigenvalue weighted by molar-refractivity contribution is 5.86. The number of likely N-dealkylation sites (N-methyl/N-ethyl adjacent to an activating group) is 1. The summed E-state index contributed by atoms with van der Waals surface area (Å²) in [5.41, 5.74) is 2.37. The maximum Gasteiger partial charge on any atom is 0.437 e. The van der Waals surface area contributed by atoms with Gasteiger partial charge < -0.3 is 14.5 Å². The number of amides is 2. The summed E-state index contributed by atoms with van der Waals surface area (Å²) < 4.78 is 7.27. The molecule has 3 heterocycles. The van der Waals surface area contributed by atoms with E-state index in [1.807, 2.05) is 26.0 Å². The van der Waals surface area contributed by atoms with E-state index in [0.29, 0.717) is 35.9 Å². The van der Waals surface area contributed by atoms with Crippen LogP contribution in [0.3, 0.4) is 0 Å². The Morgan fingerprint density at radius 1 is 1.17 bits per heavy atom. The van der Waals surface area contributed by atoms with E-state index in [1.54, 1.807) is 42.4 Å². The molecule has 0 aliphatic carbocycles. The van der Waals surface area contributed by atoms with Gasteiger partial charge in [-0.25, -0.2) is 14.8 Å². The van der Waals surface area contributed by atoms with E-state index in [0.717, 1.165) is 16.8 Å². The van der Waals surface area contributed by atoms with Crippen molar-refractivity contribution >= 4 is 28.7 Å². The van der Waals surface area contributed by atoms with Crippen molar-refractivity contribution in [2.24, 2.45) is 0 Å². The molecular weight excluding hydrogens is 450 g/mol. The first-order valence-electron chi connectivity index (χ1n) is 11.1. The molecule has 4 aromatic rings. The van der Waals surface area contributed by atoms with Crippen molar-refractivity contribution in [1.82, 2.24) is 29.8 Å². The first-order valence-corrected chi connectivity index (χ1v) is 11.1. The second kappa shape index (κ2) is 10.2. The van der Waals surface area contributed by atoms with Crippen LogP contribution in [0.15, 0.2) is 48.9 Å². The minimum Gasteiger partial charge on any atom is -0.439 e. The van der Waals surface area contributed by atoms with Crippen LogP contribution in [0.25, 0.3) is 10.9 Å². The van der Waals surface area contributed by atoms with Gasteiger partial charge in [-0.1, -0.05) is 13.8 Å². The number of ether oxygens (including phenoxy) is 1. The Morgan fingerprint density at radius 3 is 2.74 bits per heavy atom. The van der Waals surface area contributed by atoms with Crippen molar-refractivity contribution in [2.75, 3.05) is 18.9 Å². The third kappa shape index (κ3) is 5.94. The molecule has 0 unspecified atom stereocenters. The topological polar surface area (TPSA) is 127 Å². The molecular formula is C24H27N7O4. The molecule has 0 radical (unpaired) electrons. The normalized spacial score (nSPS) is 11.0. The first-order chi connectivity index (χ1) is 16.8.